The Labute approximate surface area is 69.5 Å². The number of rotatable bonds is 4. The van der Waals surface area contributed by atoms with Gasteiger partial charge in [-0.15, -0.1) is 0 Å². The SMILES string of the molecule is C/C=C(\C(=O)CC)C(C)CC. The van der Waals surface area contributed by atoms with Crippen molar-refractivity contribution in [1.82, 2.24) is 0 Å². The molecule has 0 aromatic heterocycles. The molecule has 0 aliphatic rings. The molecule has 0 amide bonds. The molecule has 1 nitrogen and oxygen atoms in total. The third kappa shape index (κ3) is 2.87. The molecule has 0 saturated heterocycles. The number of hydrogen-bond donors (Lipinski definition) is 0. The standard InChI is InChI=1S/C10H18O/c1-5-8(4)9(6-2)10(11)7-3/h6,8H,5,7H2,1-4H3/b9-6-. The molecule has 0 aliphatic carbocycles. The fourth-order valence-electron chi connectivity index (χ4n) is 1.14. The first-order chi connectivity index (χ1) is 5.17. The zero-order chi connectivity index (χ0) is 8.85. The second kappa shape index (κ2) is 5.11. The van der Waals surface area contributed by atoms with Gasteiger partial charge >= 0.3 is 0 Å². The Morgan fingerprint density at radius 1 is 1.45 bits per heavy atom. The molecule has 0 N–H and O–H groups in total. The highest BCUT2D eigenvalue weighted by Gasteiger charge is 2.11. The lowest BCUT2D eigenvalue weighted by molar-refractivity contribution is -0.115. The topological polar surface area (TPSA) is 17.1 Å². The highest BCUT2D eigenvalue weighted by atomic mass is 16.1. The first-order valence-corrected chi connectivity index (χ1v) is 4.36. The van der Waals surface area contributed by atoms with E-state index in [1.165, 1.54) is 0 Å². The summed E-state index contributed by atoms with van der Waals surface area (Å²) in [5.74, 6) is 0.717. The Hall–Kier alpha value is -0.590. The van der Waals surface area contributed by atoms with E-state index in [0.717, 1.165) is 12.0 Å². The summed E-state index contributed by atoms with van der Waals surface area (Å²) in [6, 6.07) is 0. The van der Waals surface area contributed by atoms with E-state index in [4.69, 9.17) is 0 Å². The van der Waals surface area contributed by atoms with E-state index in [1.54, 1.807) is 0 Å². The molecule has 0 aliphatic heterocycles. The summed E-state index contributed by atoms with van der Waals surface area (Å²) in [6.45, 7) is 8.06. The molecule has 0 bridgehead atoms. The van der Waals surface area contributed by atoms with Crippen LogP contribution in [0.5, 0.6) is 0 Å². The van der Waals surface area contributed by atoms with Crippen LogP contribution in [-0.2, 0) is 4.79 Å². The van der Waals surface area contributed by atoms with Gasteiger partial charge in [0.15, 0.2) is 5.78 Å². The maximum atomic E-state index is 11.3. The summed E-state index contributed by atoms with van der Waals surface area (Å²) in [5, 5.41) is 0. The largest absolute Gasteiger partial charge is 0.295 e. The van der Waals surface area contributed by atoms with Crippen molar-refractivity contribution in [2.24, 2.45) is 5.92 Å². The Kier molecular flexibility index (Phi) is 4.84. The van der Waals surface area contributed by atoms with Crippen LogP contribution in [-0.4, -0.2) is 5.78 Å². The minimum atomic E-state index is 0.293. The van der Waals surface area contributed by atoms with Crippen molar-refractivity contribution in [2.75, 3.05) is 0 Å². The van der Waals surface area contributed by atoms with E-state index >= 15 is 0 Å². The molecule has 0 radical (unpaired) electrons. The molecule has 1 unspecified atom stereocenters. The lowest BCUT2D eigenvalue weighted by atomic mass is 9.94. The van der Waals surface area contributed by atoms with Gasteiger partial charge in [-0.1, -0.05) is 26.8 Å². The fourth-order valence-corrected chi connectivity index (χ4v) is 1.14. The van der Waals surface area contributed by atoms with Crippen LogP contribution in [0.3, 0.4) is 0 Å². The average molecular weight is 154 g/mol. The second-order valence-corrected chi connectivity index (χ2v) is 2.83. The maximum Gasteiger partial charge on any atom is 0.158 e. The van der Waals surface area contributed by atoms with Crippen LogP contribution >= 0.6 is 0 Å². The summed E-state index contributed by atoms with van der Waals surface area (Å²) in [7, 11) is 0. The number of allylic oxidation sites excluding steroid dienone is 2. The van der Waals surface area contributed by atoms with E-state index < -0.39 is 0 Å². The van der Waals surface area contributed by atoms with Crippen LogP contribution in [0, 0.1) is 5.92 Å². The van der Waals surface area contributed by atoms with Gasteiger partial charge in [0, 0.05) is 6.42 Å². The van der Waals surface area contributed by atoms with Gasteiger partial charge in [0.25, 0.3) is 0 Å². The van der Waals surface area contributed by atoms with Gasteiger partial charge in [-0.25, -0.2) is 0 Å². The van der Waals surface area contributed by atoms with Crippen molar-refractivity contribution in [3.63, 3.8) is 0 Å². The van der Waals surface area contributed by atoms with E-state index in [1.807, 2.05) is 19.9 Å². The smallest absolute Gasteiger partial charge is 0.158 e. The molecule has 64 valence electrons. The van der Waals surface area contributed by atoms with Crippen molar-refractivity contribution in [1.29, 1.82) is 0 Å². The molecule has 0 spiro atoms. The minimum Gasteiger partial charge on any atom is -0.295 e. The highest BCUT2D eigenvalue weighted by molar-refractivity contribution is 5.95. The number of hydrogen-bond acceptors (Lipinski definition) is 1. The van der Waals surface area contributed by atoms with Crippen LogP contribution in [0.4, 0.5) is 0 Å². The molecule has 0 saturated carbocycles. The normalized spacial score (nSPS) is 14.7. The maximum absolute atomic E-state index is 11.3. The number of carbonyl (C=O) groups excluding carboxylic acids is 1. The molecule has 0 heterocycles. The molecular weight excluding hydrogens is 136 g/mol. The van der Waals surface area contributed by atoms with Crippen molar-refractivity contribution in [2.45, 2.75) is 40.5 Å². The lowest BCUT2D eigenvalue weighted by Crippen LogP contribution is -2.08. The van der Waals surface area contributed by atoms with Crippen LogP contribution in [0.25, 0.3) is 0 Å². The van der Waals surface area contributed by atoms with Crippen molar-refractivity contribution >= 4 is 5.78 Å². The zero-order valence-corrected chi connectivity index (χ0v) is 7.98. The Balaban J connectivity index is 4.30. The molecule has 1 heteroatoms. The van der Waals surface area contributed by atoms with Gasteiger partial charge in [0.2, 0.25) is 0 Å². The van der Waals surface area contributed by atoms with Crippen LogP contribution in [0.1, 0.15) is 40.5 Å². The number of ketones is 1. The quantitative estimate of drug-likeness (QED) is 0.569. The van der Waals surface area contributed by atoms with E-state index in [-0.39, 0.29) is 0 Å². The van der Waals surface area contributed by atoms with Crippen LogP contribution in [0.2, 0.25) is 0 Å². The van der Waals surface area contributed by atoms with E-state index in [2.05, 4.69) is 13.8 Å². The van der Waals surface area contributed by atoms with Gasteiger partial charge in [0.1, 0.15) is 0 Å². The van der Waals surface area contributed by atoms with E-state index in [0.29, 0.717) is 18.1 Å². The Morgan fingerprint density at radius 2 is 2.00 bits per heavy atom. The molecule has 0 fully saturated rings. The van der Waals surface area contributed by atoms with Gasteiger partial charge in [0.05, 0.1) is 0 Å². The minimum absolute atomic E-state index is 0.293. The molecule has 0 rings (SSSR count). The summed E-state index contributed by atoms with van der Waals surface area (Å²) in [6.07, 6.45) is 3.62. The van der Waals surface area contributed by atoms with Crippen LogP contribution < -0.4 is 0 Å². The summed E-state index contributed by atoms with van der Waals surface area (Å²) in [4.78, 5) is 11.3. The Bertz CT molecular complexity index is 156. The summed E-state index contributed by atoms with van der Waals surface area (Å²) < 4.78 is 0. The third-order valence-corrected chi connectivity index (χ3v) is 2.10. The van der Waals surface area contributed by atoms with Gasteiger partial charge in [-0.05, 0) is 24.8 Å². The first-order valence-electron chi connectivity index (χ1n) is 4.36. The zero-order valence-electron chi connectivity index (χ0n) is 7.98. The average Bonchev–Trinajstić information content (AvgIpc) is 2.05. The van der Waals surface area contributed by atoms with Gasteiger partial charge in [-0.2, -0.15) is 0 Å². The molecule has 0 aromatic carbocycles. The number of carbonyl (C=O) groups is 1. The number of Topliss-reactive ketones (excluding diaryl/α,β-unsaturated/α-hetero) is 1. The fraction of sp³-hybridized carbons (Fsp3) is 0.700. The predicted molar refractivity (Wildman–Crippen MR) is 48.5 cm³/mol. The summed E-state index contributed by atoms with van der Waals surface area (Å²) in [5.41, 5.74) is 0.995. The van der Waals surface area contributed by atoms with Gasteiger partial charge in [-0.3, -0.25) is 4.79 Å². The highest BCUT2D eigenvalue weighted by Crippen LogP contribution is 2.15. The molecule has 1 atom stereocenters. The van der Waals surface area contributed by atoms with Crippen molar-refractivity contribution in [3.05, 3.63) is 11.6 Å². The van der Waals surface area contributed by atoms with Gasteiger partial charge < -0.3 is 0 Å². The predicted octanol–water partition coefficient (Wildman–Crippen LogP) is 2.96. The third-order valence-electron chi connectivity index (χ3n) is 2.10. The lowest BCUT2D eigenvalue weighted by Gasteiger charge is -2.10. The van der Waals surface area contributed by atoms with Crippen LogP contribution in [0.15, 0.2) is 11.6 Å². The van der Waals surface area contributed by atoms with Crippen molar-refractivity contribution < 1.29 is 4.79 Å². The van der Waals surface area contributed by atoms with E-state index in [9.17, 15) is 4.79 Å². The first kappa shape index (κ1) is 10.4. The van der Waals surface area contributed by atoms with Crippen molar-refractivity contribution in [3.8, 4) is 0 Å². The molecule has 11 heavy (non-hydrogen) atoms. The Morgan fingerprint density at radius 3 is 2.27 bits per heavy atom. The summed E-state index contributed by atoms with van der Waals surface area (Å²) >= 11 is 0. The molecule has 0 aromatic rings. The second-order valence-electron chi connectivity index (χ2n) is 2.83. The monoisotopic (exact) mass is 154 g/mol. The molecular formula is C10H18O.